The molecule has 15 heavy (non-hydrogen) atoms. The van der Waals surface area contributed by atoms with Gasteiger partial charge in [-0.2, -0.15) is 0 Å². The number of carbonyl (C=O) groups excluding carboxylic acids is 1. The molecule has 0 aromatic heterocycles. The highest BCUT2D eigenvalue weighted by molar-refractivity contribution is 5.89. The molecular weight excluding hydrogens is 190 g/mol. The minimum absolute atomic E-state index is 0.246. The minimum Gasteiger partial charge on any atom is -0.374 e. The number of hydrogen-bond acceptors (Lipinski definition) is 3. The number of carbonyl (C=O) groups is 1. The largest absolute Gasteiger partial charge is 0.374 e. The smallest absolute Gasteiger partial charge is 0.178 e. The Labute approximate surface area is 92.6 Å². The van der Waals surface area contributed by atoms with Gasteiger partial charge in [0.2, 0.25) is 0 Å². The maximum absolute atomic E-state index is 12.0. The summed E-state index contributed by atoms with van der Waals surface area (Å²) in [7, 11) is 0. The first-order chi connectivity index (χ1) is 7.25. The van der Waals surface area contributed by atoms with Crippen LogP contribution in [0.1, 0.15) is 46.0 Å². The van der Waals surface area contributed by atoms with Gasteiger partial charge in [0.1, 0.15) is 6.61 Å². The summed E-state index contributed by atoms with van der Waals surface area (Å²) < 4.78 is 5.34. The quantitative estimate of drug-likeness (QED) is 0.656. The third-order valence-electron chi connectivity index (χ3n) is 3.04. The summed E-state index contributed by atoms with van der Waals surface area (Å²) in [5, 5.41) is 3.37. The first-order valence-corrected chi connectivity index (χ1v) is 6.11. The maximum Gasteiger partial charge on any atom is 0.178 e. The molecule has 0 radical (unpaired) electrons. The van der Waals surface area contributed by atoms with E-state index in [1.165, 1.54) is 0 Å². The maximum atomic E-state index is 12.0. The lowest BCUT2D eigenvalue weighted by molar-refractivity contribution is -0.130. The van der Waals surface area contributed by atoms with Gasteiger partial charge in [-0.1, -0.05) is 20.3 Å². The number of Topliss-reactive ketones (excluding diaryl/α,β-unsaturated/α-hetero) is 1. The minimum atomic E-state index is -0.261. The zero-order valence-corrected chi connectivity index (χ0v) is 9.97. The van der Waals surface area contributed by atoms with Gasteiger partial charge in [0, 0.05) is 6.61 Å². The van der Waals surface area contributed by atoms with Gasteiger partial charge in [0.15, 0.2) is 5.78 Å². The monoisotopic (exact) mass is 213 g/mol. The molecule has 0 aromatic carbocycles. The molecule has 1 aliphatic rings. The van der Waals surface area contributed by atoms with Gasteiger partial charge in [-0.3, -0.25) is 4.79 Å². The molecule has 0 amide bonds. The first kappa shape index (κ1) is 12.7. The summed E-state index contributed by atoms with van der Waals surface area (Å²) >= 11 is 0. The highest BCUT2D eigenvalue weighted by Crippen LogP contribution is 2.25. The highest BCUT2D eigenvalue weighted by atomic mass is 16.5. The molecule has 0 saturated carbocycles. The molecule has 0 spiro atoms. The second-order valence-corrected chi connectivity index (χ2v) is 4.34. The average Bonchev–Trinajstić information content (AvgIpc) is 2.68. The molecule has 88 valence electrons. The Morgan fingerprint density at radius 1 is 1.40 bits per heavy atom. The summed E-state index contributed by atoms with van der Waals surface area (Å²) in [6.45, 7) is 6.12. The number of hydrogen-bond donors (Lipinski definition) is 1. The van der Waals surface area contributed by atoms with E-state index >= 15 is 0 Å². The van der Waals surface area contributed by atoms with Crippen LogP contribution in [0.15, 0.2) is 0 Å². The molecule has 1 N–H and O–H groups in total. The fraction of sp³-hybridized carbons (Fsp3) is 0.917. The average molecular weight is 213 g/mol. The lowest BCUT2D eigenvalue weighted by Crippen LogP contribution is -2.49. The molecule has 1 heterocycles. The molecule has 0 bridgehead atoms. The van der Waals surface area contributed by atoms with E-state index in [4.69, 9.17) is 4.74 Å². The second kappa shape index (κ2) is 6.23. The predicted octanol–water partition coefficient (Wildman–Crippen LogP) is 1.90. The van der Waals surface area contributed by atoms with Crippen molar-refractivity contribution >= 4 is 5.78 Å². The third kappa shape index (κ3) is 3.28. The number of rotatable bonds is 7. The molecule has 0 aromatic rings. The lowest BCUT2D eigenvalue weighted by atomic mass is 9.87. The summed E-state index contributed by atoms with van der Waals surface area (Å²) in [6.07, 6.45) is 5.06. The van der Waals surface area contributed by atoms with Crippen molar-refractivity contribution < 1.29 is 9.53 Å². The SMILES string of the molecule is CCCOCC(=O)C1(CCC)CCCN1. The van der Waals surface area contributed by atoms with Crippen molar-refractivity contribution in [3.63, 3.8) is 0 Å². The van der Waals surface area contributed by atoms with Crippen LogP contribution in [0.3, 0.4) is 0 Å². The van der Waals surface area contributed by atoms with Gasteiger partial charge >= 0.3 is 0 Å². The van der Waals surface area contributed by atoms with Crippen LogP contribution in [0.5, 0.6) is 0 Å². The molecule has 1 saturated heterocycles. The molecule has 1 aliphatic heterocycles. The number of ketones is 1. The van der Waals surface area contributed by atoms with Crippen molar-refractivity contribution in [3.8, 4) is 0 Å². The first-order valence-electron chi connectivity index (χ1n) is 6.11. The van der Waals surface area contributed by atoms with Crippen LogP contribution in [0.2, 0.25) is 0 Å². The third-order valence-corrected chi connectivity index (χ3v) is 3.04. The zero-order valence-electron chi connectivity index (χ0n) is 9.97. The highest BCUT2D eigenvalue weighted by Gasteiger charge is 2.39. The number of ether oxygens (including phenoxy) is 1. The van der Waals surface area contributed by atoms with E-state index in [-0.39, 0.29) is 17.9 Å². The Morgan fingerprint density at radius 2 is 2.20 bits per heavy atom. The summed E-state index contributed by atoms with van der Waals surface area (Å²) in [5.74, 6) is 0.246. The normalized spacial score (nSPS) is 25.7. The molecule has 1 atom stereocenters. The Bertz CT molecular complexity index is 198. The van der Waals surface area contributed by atoms with Gasteiger partial charge in [0.05, 0.1) is 5.54 Å². The molecule has 1 rings (SSSR count). The molecule has 0 aliphatic carbocycles. The second-order valence-electron chi connectivity index (χ2n) is 4.34. The van der Waals surface area contributed by atoms with Crippen molar-refractivity contribution in [1.29, 1.82) is 0 Å². The summed E-state index contributed by atoms with van der Waals surface area (Å²) in [5.41, 5.74) is -0.261. The van der Waals surface area contributed by atoms with Gasteiger partial charge in [-0.15, -0.1) is 0 Å². The van der Waals surface area contributed by atoms with Crippen LogP contribution in [0, 0.1) is 0 Å². The van der Waals surface area contributed by atoms with Crippen molar-refractivity contribution in [3.05, 3.63) is 0 Å². The fourth-order valence-corrected chi connectivity index (χ4v) is 2.27. The molecule has 1 fully saturated rings. The Kier molecular flexibility index (Phi) is 5.26. The Balaban J connectivity index is 2.44. The van der Waals surface area contributed by atoms with Gasteiger partial charge in [0.25, 0.3) is 0 Å². The van der Waals surface area contributed by atoms with E-state index in [1.807, 2.05) is 0 Å². The topological polar surface area (TPSA) is 38.3 Å². The van der Waals surface area contributed by atoms with Crippen molar-refractivity contribution in [2.24, 2.45) is 0 Å². The van der Waals surface area contributed by atoms with E-state index in [9.17, 15) is 4.79 Å². The fourth-order valence-electron chi connectivity index (χ4n) is 2.27. The van der Waals surface area contributed by atoms with E-state index in [1.54, 1.807) is 0 Å². The van der Waals surface area contributed by atoms with Crippen LogP contribution in [0.25, 0.3) is 0 Å². The van der Waals surface area contributed by atoms with Crippen molar-refractivity contribution in [2.45, 2.75) is 51.5 Å². The molecular formula is C12H23NO2. The van der Waals surface area contributed by atoms with Crippen LogP contribution in [0.4, 0.5) is 0 Å². The van der Waals surface area contributed by atoms with Gasteiger partial charge in [-0.25, -0.2) is 0 Å². The predicted molar refractivity (Wildman–Crippen MR) is 61.0 cm³/mol. The summed E-state index contributed by atoms with van der Waals surface area (Å²) in [4.78, 5) is 12.0. The molecule has 1 unspecified atom stereocenters. The van der Waals surface area contributed by atoms with E-state index in [0.717, 1.165) is 38.6 Å². The standard InChI is InChI=1S/C12H23NO2/c1-3-6-12(7-5-8-13-12)11(14)10-15-9-4-2/h13H,3-10H2,1-2H3. The zero-order chi connectivity index (χ0) is 11.1. The molecule has 3 heteroatoms. The Hall–Kier alpha value is -0.410. The van der Waals surface area contributed by atoms with Crippen LogP contribution >= 0.6 is 0 Å². The van der Waals surface area contributed by atoms with E-state index < -0.39 is 0 Å². The van der Waals surface area contributed by atoms with Crippen LogP contribution in [-0.2, 0) is 9.53 Å². The lowest BCUT2D eigenvalue weighted by Gasteiger charge is -2.27. The van der Waals surface area contributed by atoms with E-state index in [0.29, 0.717) is 6.61 Å². The van der Waals surface area contributed by atoms with Gasteiger partial charge in [-0.05, 0) is 32.2 Å². The van der Waals surface area contributed by atoms with Gasteiger partial charge < -0.3 is 10.1 Å². The van der Waals surface area contributed by atoms with Crippen LogP contribution < -0.4 is 5.32 Å². The van der Waals surface area contributed by atoms with E-state index in [2.05, 4.69) is 19.2 Å². The summed E-state index contributed by atoms with van der Waals surface area (Å²) in [6, 6.07) is 0. The molecule has 3 nitrogen and oxygen atoms in total. The van der Waals surface area contributed by atoms with Crippen LogP contribution in [-0.4, -0.2) is 31.1 Å². The van der Waals surface area contributed by atoms with Crippen molar-refractivity contribution in [2.75, 3.05) is 19.8 Å². The van der Waals surface area contributed by atoms with Crippen molar-refractivity contribution in [1.82, 2.24) is 5.32 Å². The Morgan fingerprint density at radius 3 is 2.73 bits per heavy atom. The number of nitrogens with one attached hydrogen (secondary N) is 1.